The highest BCUT2D eigenvalue weighted by atomic mass is 35.5. The van der Waals surface area contributed by atoms with Crippen LogP contribution in [0.4, 0.5) is 29.0 Å². The van der Waals surface area contributed by atoms with Gasteiger partial charge in [-0.05, 0) is 67.3 Å². The summed E-state index contributed by atoms with van der Waals surface area (Å²) in [5, 5.41) is 9.96. The van der Waals surface area contributed by atoms with Crippen molar-refractivity contribution in [1.29, 1.82) is 0 Å². The number of benzene rings is 2. The van der Waals surface area contributed by atoms with Gasteiger partial charge >= 0.3 is 0 Å². The van der Waals surface area contributed by atoms with E-state index in [1.54, 1.807) is 0 Å². The Morgan fingerprint density at radius 1 is 0.750 bits per heavy atom. The van der Waals surface area contributed by atoms with Crippen LogP contribution in [0.15, 0.2) is 54.6 Å². The van der Waals surface area contributed by atoms with Gasteiger partial charge in [-0.2, -0.15) is 15.0 Å². The summed E-state index contributed by atoms with van der Waals surface area (Å²) < 4.78 is 0. The van der Waals surface area contributed by atoms with Crippen molar-refractivity contribution in [2.24, 2.45) is 5.92 Å². The van der Waals surface area contributed by atoms with Crippen LogP contribution in [0, 0.1) is 5.92 Å². The Kier molecular flexibility index (Phi) is 6.66. The third-order valence-corrected chi connectivity index (χ3v) is 4.18. The number of nitrogens with zero attached hydrogens (tertiary/aromatic N) is 3. The molecule has 0 aliphatic carbocycles. The second kappa shape index (κ2) is 9.37. The molecule has 0 radical (unpaired) electrons. The molecule has 0 aliphatic heterocycles. The fourth-order valence-electron chi connectivity index (χ4n) is 2.91. The number of para-hydroxylation sites is 1. The lowest BCUT2D eigenvalue weighted by atomic mass is 10.1. The minimum atomic E-state index is 0.152. The van der Waals surface area contributed by atoms with Gasteiger partial charge in [-0.3, -0.25) is 0 Å². The van der Waals surface area contributed by atoms with E-state index in [2.05, 4.69) is 51.7 Å². The molecule has 0 saturated carbocycles. The summed E-state index contributed by atoms with van der Waals surface area (Å²) >= 11 is 6.07. The van der Waals surface area contributed by atoms with Crippen molar-refractivity contribution >= 4 is 40.6 Å². The lowest BCUT2D eigenvalue weighted by Gasteiger charge is -2.16. The number of hydrogen-bond donors (Lipinski definition) is 3. The number of aromatic nitrogens is 3. The van der Waals surface area contributed by atoms with Crippen molar-refractivity contribution in [2.75, 3.05) is 16.0 Å². The standard InChI is InChI=1S/C21H25ClN6/c1-14(2)13-15(3)23-20-26-19(22)27-21(28-20)25-18-11-9-17(10-12-18)24-16-7-5-4-6-8-16/h4-12,14-15,24H,13H2,1-3H3,(H2,23,25,26,27,28). The minimum Gasteiger partial charge on any atom is -0.356 e. The maximum atomic E-state index is 6.07. The van der Waals surface area contributed by atoms with Gasteiger partial charge in [-0.15, -0.1) is 0 Å². The smallest absolute Gasteiger partial charge is 0.233 e. The number of hydrogen-bond acceptors (Lipinski definition) is 6. The normalized spacial score (nSPS) is 11.9. The number of halogens is 1. The monoisotopic (exact) mass is 396 g/mol. The molecule has 0 aliphatic rings. The molecule has 1 atom stereocenters. The maximum Gasteiger partial charge on any atom is 0.233 e. The highest BCUT2D eigenvalue weighted by molar-refractivity contribution is 6.28. The van der Waals surface area contributed by atoms with E-state index in [-0.39, 0.29) is 11.3 Å². The van der Waals surface area contributed by atoms with Crippen LogP contribution in [0.5, 0.6) is 0 Å². The van der Waals surface area contributed by atoms with E-state index in [1.807, 2.05) is 54.6 Å². The number of rotatable bonds is 8. The molecule has 2 aromatic carbocycles. The molecule has 0 fully saturated rings. The van der Waals surface area contributed by atoms with Gasteiger partial charge in [0.2, 0.25) is 17.2 Å². The number of anilines is 5. The van der Waals surface area contributed by atoms with Crippen LogP contribution in [0.25, 0.3) is 0 Å². The van der Waals surface area contributed by atoms with Gasteiger partial charge in [0.25, 0.3) is 0 Å². The summed E-state index contributed by atoms with van der Waals surface area (Å²) in [5.74, 6) is 1.46. The van der Waals surface area contributed by atoms with Gasteiger partial charge < -0.3 is 16.0 Å². The third-order valence-electron chi connectivity index (χ3n) is 4.01. The summed E-state index contributed by atoms with van der Waals surface area (Å²) in [6.45, 7) is 6.47. The van der Waals surface area contributed by atoms with Crippen LogP contribution in [0.2, 0.25) is 5.28 Å². The van der Waals surface area contributed by atoms with Crippen molar-refractivity contribution < 1.29 is 0 Å². The summed E-state index contributed by atoms with van der Waals surface area (Å²) in [5.41, 5.74) is 2.90. The van der Waals surface area contributed by atoms with Crippen molar-refractivity contribution in [3.05, 3.63) is 59.9 Å². The summed E-state index contributed by atoms with van der Waals surface area (Å²) in [7, 11) is 0. The zero-order valence-corrected chi connectivity index (χ0v) is 17.0. The Hall–Kier alpha value is -2.86. The molecule has 0 amide bonds. The third kappa shape index (κ3) is 6.09. The Balaban J connectivity index is 1.66. The molecule has 3 N–H and O–H groups in total. The largest absolute Gasteiger partial charge is 0.356 e. The molecule has 0 spiro atoms. The molecule has 1 heterocycles. The summed E-state index contributed by atoms with van der Waals surface area (Å²) in [4.78, 5) is 12.8. The first-order chi connectivity index (χ1) is 13.5. The first kappa shape index (κ1) is 19.9. The predicted molar refractivity (Wildman–Crippen MR) is 117 cm³/mol. The molecule has 0 bridgehead atoms. The van der Waals surface area contributed by atoms with Gasteiger partial charge in [-0.1, -0.05) is 32.0 Å². The van der Waals surface area contributed by atoms with Crippen LogP contribution in [0.1, 0.15) is 27.2 Å². The Morgan fingerprint density at radius 2 is 1.32 bits per heavy atom. The second-order valence-corrected chi connectivity index (χ2v) is 7.46. The van der Waals surface area contributed by atoms with E-state index < -0.39 is 0 Å². The Bertz CT molecular complexity index is 883. The van der Waals surface area contributed by atoms with Crippen LogP contribution in [0.3, 0.4) is 0 Å². The maximum absolute atomic E-state index is 6.07. The fourth-order valence-corrected chi connectivity index (χ4v) is 3.07. The lowest BCUT2D eigenvalue weighted by molar-refractivity contribution is 0.537. The topological polar surface area (TPSA) is 74.8 Å². The van der Waals surface area contributed by atoms with Gasteiger partial charge in [0.15, 0.2) is 0 Å². The molecule has 0 saturated heterocycles. The minimum absolute atomic E-state index is 0.152. The van der Waals surface area contributed by atoms with E-state index in [9.17, 15) is 0 Å². The molecule has 1 aromatic heterocycles. The molecule has 7 heteroatoms. The zero-order chi connectivity index (χ0) is 19.9. The SMILES string of the molecule is CC(C)CC(C)Nc1nc(Cl)nc(Nc2ccc(Nc3ccccc3)cc2)n1. The van der Waals surface area contributed by atoms with E-state index in [1.165, 1.54) is 0 Å². The highest BCUT2D eigenvalue weighted by Gasteiger charge is 2.10. The van der Waals surface area contributed by atoms with E-state index in [0.717, 1.165) is 23.5 Å². The fraction of sp³-hybridized carbons (Fsp3) is 0.286. The van der Waals surface area contributed by atoms with Gasteiger partial charge in [-0.25, -0.2) is 0 Å². The highest BCUT2D eigenvalue weighted by Crippen LogP contribution is 2.21. The molecule has 6 nitrogen and oxygen atoms in total. The Labute approximate surface area is 170 Å². The zero-order valence-electron chi connectivity index (χ0n) is 16.3. The van der Waals surface area contributed by atoms with Crippen LogP contribution in [-0.4, -0.2) is 21.0 Å². The first-order valence-electron chi connectivity index (χ1n) is 9.35. The molecule has 3 rings (SSSR count). The molecular formula is C21H25ClN6. The second-order valence-electron chi connectivity index (χ2n) is 7.12. The Morgan fingerprint density at radius 3 is 1.96 bits per heavy atom. The van der Waals surface area contributed by atoms with Crippen molar-refractivity contribution in [3.63, 3.8) is 0 Å². The van der Waals surface area contributed by atoms with Crippen molar-refractivity contribution in [2.45, 2.75) is 33.2 Å². The van der Waals surface area contributed by atoms with Gasteiger partial charge in [0, 0.05) is 23.1 Å². The molecule has 28 heavy (non-hydrogen) atoms. The first-order valence-corrected chi connectivity index (χ1v) is 9.73. The van der Waals surface area contributed by atoms with E-state index in [0.29, 0.717) is 17.8 Å². The summed E-state index contributed by atoms with van der Waals surface area (Å²) in [6, 6.07) is 18.2. The quantitative estimate of drug-likeness (QED) is 0.443. The van der Waals surface area contributed by atoms with Crippen LogP contribution >= 0.6 is 11.6 Å². The van der Waals surface area contributed by atoms with Gasteiger partial charge in [0.1, 0.15) is 0 Å². The average Bonchev–Trinajstić information content (AvgIpc) is 2.63. The van der Waals surface area contributed by atoms with E-state index >= 15 is 0 Å². The molecule has 3 aromatic rings. The van der Waals surface area contributed by atoms with Crippen LogP contribution in [-0.2, 0) is 0 Å². The van der Waals surface area contributed by atoms with Gasteiger partial charge in [0.05, 0.1) is 0 Å². The van der Waals surface area contributed by atoms with E-state index in [4.69, 9.17) is 11.6 Å². The molecule has 146 valence electrons. The summed E-state index contributed by atoms with van der Waals surface area (Å²) in [6.07, 6.45) is 1.02. The molecule has 1 unspecified atom stereocenters. The van der Waals surface area contributed by atoms with Crippen molar-refractivity contribution in [3.8, 4) is 0 Å². The molecular weight excluding hydrogens is 372 g/mol. The lowest BCUT2D eigenvalue weighted by Crippen LogP contribution is -2.19. The van der Waals surface area contributed by atoms with Crippen molar-refractivity contribution in [1.82, 2.24) is 15.0 Å². The van der Waals surface area contributed by atoms with Crippen LogP contribution < -0.4 is 16.0 Å². The number of nitrogens with one attached hydrogen (secondary N) is 3. The predicted octanol–water partition coefficient (Wildman–Crippen LogP) is 5.86. The average molecular weight is 397 g/mol.